The van der Waals surface area contributed by atoms with Gasteiger partial charge in [0.1, 0.15) is 5.82 Å². The second-order valence-electron chi connectivity index (χ2n) is 3.76. The maximum atomic E-state index is 5.52. The largest absolute Gasteiger partial charge is 0.367 e. The third kappa shape index (κ3) is 2.10. The lowest BCUT2D eigenvalue weighted by Crippen LogP contribution is -2.05. The van der Waals surface area contributed by atoms with Gasteiger partial charge in [-0.1, -0.05) is 6.92 Å². The molecule has 15 heavy (non-hydrogen) atoms. The van der Waals surface area contributed by atoms with Crippen LogP contribution in [-0.4, -0.2) is 21.5 Å². The molecule has 0 amide bonds. The van der Waals surface area contributed by atoms with Crippen LogP contribution in [-0.2, 0) is 0 Å². The molecular weight excluding hydrogens is 188 g/mol. The third-order valence-corrected chi connectivity index (χ3v) is 2.57. The number of aromatic amines is 2. The summed E-state index contributed by atoms with van der Waals surface area (Å²) in [5.41, 5.74) is 7.71. The fraction of sp³-hybridized carbons (Fsp3) is 0.364. The summed E-state index contributed by atoms with van der Waals surface area (Å²) in [6.07, 6.45) is 6.68. The van der Waals surface area contributed by atoms with Crippen molar-refractivity contribution in [2.75, 3.05) is 6.54 Å². The number of nitrogens with one attached hydrogen (secondary N) is 2. The molecule has 0 bridgehead atoms. The summed E-state index contributed by atoms with van der Waals surface area (Å²) in [6, 6.07) is 2.02. The van der Waals surface area contributed by atoms with E-state index in [1.165, 1.54) is 0 Å². The van der Waals surface area contributed by atoms with Gasteiger partial charge in [-0.3, -0.25) is 0 Å². The van der Waals surface area contributed by atoms with Crippen LogP contribution in [0.5, 0.6) is 0 Å². The molecule has 2 aromatic heterocycles. The molecule has 4 N–H and O–H groups in total. The number of hydrogen-bond donors (Lipinski definition) is 3. The first kappa shape index (κ1) is 9.98. The molecule has 0 aliphatic carbocycles. The van der Waals surface area contributed by atoms with E-state index in [1.807, 2.05) is 24.7 Å². The van der Waals surface area contributed by atoms with Crippen molar-refractivity contribution in [3.05, 3.63) is 30.5 Å². The second kappa shape index (κ2) is 4.31. The van der Waals surface area contributed by atoms with E-state index in [4.69, 9.17) is 5.73 Å². The number of aromatic nitrogens is 3. The van der Waals surface area contributed by atoms with Gasteiger partial charge in [0.2, 0.25) is 0 Å². The molecule has 0 fully saturated rings. The zero-order valence-electron chi connectivity index (χ0n) is 8.83. The molecule has 1 atom stereocenters. The van der Waals surface area contributed by atoms with Gasteiger partial charge in [0, 0.05) is 23.9 Å². The van der Waals surface area contributed by atoms with E-state index < -0.39 is 0 Å². The first-order valence-corrected chi connectivity index (χ1v) is 5.19. The van der Waals surface area contributed by atoms with E-state index in [9.17, 15) is 0 Å². The average Bonchev–Trinajstić information content (AvgIpc) is 2.89. The van der Waals surface area contributed by atoms with Crippen LogP contribution in [0.15, 0.2) is 24.7 Å². The van der Waals surface area contributed by atoms with Gasteiger partial charge in [-0.2, -0.15) is 0 Å². The van der Waals surface area contributed by atoms with E-state index in [1.54, 1.807) is 0 Å². The Labute approximate surface area is 88.9 Å². The molecule has 0 saturated carbocycles. The molecule has 0 aromatic carbocycles. The van der Waals surface area contributed by atoms with Crippen LogP contribution in [0.25, 0.3) is 11.3 Å². The summed E-state index contributed by atoms with van der Waals surface area (Å²) in [5.74, 6) is 1.40. The van der Waals surface area contributed by atoms with E-state index in [0.29, 0.717) is 12.5 Å². The molecule has 0 aliphatic heterocycles. The molecule has 1 unspecified atom stereocenters. The van der Waals surface area contributed by atoms with Gasteiger partial charge >= 0.3 is 0 Å². The predicted molar refractivity (Wildman–Crippen MR) is 60.5 cm³/mol. The summed E-state index contributed by atoms with van der Waals surface area (Å²) >= 11 is 0. The van der Waals surface area contributed by atoms with Gasteiger partial charge in [-0.25, -0.2) is 4.98 Å². The maximum Gasteiger partial charge on any atom is 0.109 e. The minimum absolute atomic E-state index is 0.391. The van der Waals surface area contributed by atoms with Gasteiger partial charge < -0.3 is 15.7 Å². The molecule has 2 heterocycles. The van der Waals surface area contributed by atoms with Crippen LogP contribution in [0, 0.1) is 0 Å². The molecule has 0 saturated heterocycles. The Morgan fingerprint density at radius 2 is 2.40 bits per heavy atom. The van der Waals surface area contributed by atoms with Crippen LogP contribution >= 0.6 is 0 Å². The van der Waals surface area contributed by atoms with Gasteiger partial charge in [0.25, 0.3) is 0 Å². The molecule has 0 spiro atoms. The van der Waals surface area contributed by atoms with Crippen LogP contribution in [0.3, 0.4) is 0 Å². The zero-order valence-corrected chi connectivity index (χ0v) is 8.83. The standard InChI is InChI=1S/C11H16N4/c1-8(2-4-12)11-14-7-10(15-11)9-3-5-13-6-9/h3,5-8,13H,2,4,12H2,1H3,(H,14,15). The number of rotatable bonds is 4. The maximum absolute atomic E-state index is 5.52. The highest BCUT2D eigenvalue weighted by molar-refractivity contribution is 5.57. The molecule has 4 heteroatoms. The smallest absolute Gasteiger partial charge is 0.109 e. The lowest BCUT2D eigenvalue weighted by molar-refractivity contribution is 0.655. The molecule has 4 nitrogen and oxygen atoms in total. The number of imidazole rings is 1. The van der Waals surface area contributed by atoms with E-state index >= 15 is 0 Å². The van der Waals surface area contributed by atoms with E-state index in [-0.39, 0.29) is 0 Å². The summed E-state index contributed by atoms with van der Waals surface area (Å²) in [5, 5.41) is 0. The summed E-state index contributed by atoms with van der Waals surface area (Å²) < 4.78 is 0. The van der Waals surface area contributed by atoms with Crippen molar-refractivity contribution in [1.82, 2.24) is 15.0 Å². The first-order valence-electron chi connectivity index (χ1n) is 5.19. The highest BCUT2D eigenvalue weighted by atomic mass is 14.9. The Morgan fingerprint density at radius 3 is 3.07 bits per heavy atom. The van der Waals surface area contributed by atoms with Crippen LogP contribution < -0.4 is 5.73 Å². The van der Waals surface area contributed by atoms with Crippen molar-refractivity contribution in [3.8, 4) is 11.3 Å². The highest BCUT2D eigenvalue weighted by Gasteiger charge is 2.09. The van der Waals surface area contributed by atoms with Crippen LogP contribution in [0.2, 0.25) is 0 Å². The zero-order chi connectivity index (χ0) is 10.7. The normalized spacial score (nSPS) is 12.9. The molecule has 0 radical (unpaired) electrons. The fourth-order valence-electron chi connectivity index (χ4n) is 1.61. The lowest BCUT2D eigenvalue weighted by Gasteiger charge is -2.05. The van der Waals surface area contributed by atoms with Crippen molar-refractivity contribution < 1.29 is 0 Å². The van der Waals surface area contributed by atoms with Gasteiger partial charge in [-0.15, -0.1) is 0 Å². The summed E-state index contributed by atoms with van der Waals surface area (Å²) in [6.45, 7) is 2.83. The highest BCUT2D eigenvalue weighted by Crippen LogP contribution is 2.20. The van der Waals surface area contributed by atoms with E-state index in [2.05, 4.69) is 21.9 Å². The third-order valence-electron chi connectivity index (χ3n) is 2.57. The fourth-order valence-corrected chi connectivity index (χ4v) is 1.61. The number of nitrogens with two attached hydrogens (primary N) is 1. The van der Waals surface area contributed by atoms with Gasteiger partial charge in [0.15, 0.2) is 0 Å². The molecule has 2 aromatic rings. The van der Waals surface area contributed by atoms with Crippen molar-refractivity contribution in [1.29, 1.82) is 0 Å². The summed E-state index contributed by atoms with van der Waals surface area (Å²) in [4.78, 5) is 10.7. The first-order chi connectivity index (χ1) is 7.31. The number of nitrogens with zero attached hydrogens (tertiary/aromatic N) is 1. The molecule has 2 rings (SSSR count). The predicted octanol–water partition coefficient (Wildman–Crippen LogP) is 1.86. The monoisotopic (exact) mass is 204 g/mol. The Morgan fingerprint density at radius 1 is 1.53 bits per heavy atom. The lowest BCUT2D eigenvalue weighted by atomic mass is 10.1. The molecule has 80 valence electrons. The molecular formula is C11H16N4. The van der Waals surface area contributed by atoms with Crippen LogP contribution in [0.4, 0.5) is 0 Å². The number of H-pyrrole nitrogens is 2. The Balaban J connectivity index is 2.17. The van der Waals surface area contributed by atoms with Crippen molar-refractivity contribution >= 4 is 0 Å². The van der Waals surface area contributed by atoms with E-state index in [0.717, 1.165) is 23.5 Å². The van der Waals surface area contributed by atoms with Gasteiger partial charge in [0.05, 0.1) is 11.9 Å². The quantitative estimate of drug-likeness (QED) is 0.711. The number of hydrogen-bond acceptors (Lipinski definition) is 2. The minimum atomic E-state index is 0.391. The SMILES string of the molecule is CC(CCN)c1ncc(-c2cc[nH]c2)[nH]1. The minimum Gasteiger partial charge on any atom is -0.367 e. The molecule has 0 aliphatic rings. The Bertz CT molecular complexity index is 402. The second-order valence-corrected chi connectivity index (χ2v) is 3.76. The Kier molecular flexibility index (Phi) is 2.87. The Hall–Kier alpha value is -1.55. The van der Waals surface area contributed by atoms with Crippen molar-refractivity contribution in [2.45, 2.75) is 19.3 Å². The topological polar surface area (TPSA) is 70.5 Å². The van der Waals surface area contributed by atoms with Gasteiger partial charge in [-0.05, 0) is 19.0 Å². The average molecular weight is 204 g/mol. The van der Waals surface area contributed by atoms with Crippen LogP contribution in [0.1, 0.15) is 25.1 Å². The summed E-state index contributed by atoms with van der Waals surface area (Å²) in [7, 11) is 0. The van der Waals surface area contributed by atoms with Crippen molar-refractivity contribution in [3.63, 3.8) is 0 Å². The van der Waals surface area contributed by atoms with Crippen molar-refractivity contribution in [2.24, 2.45) is 5.73 Å².